The zero-order valence-corrected chi connectivity index (χ0v) is 11.6. The van der Waals surface area contributed by atoms with Crippen molar-refractivity contribution in [3.63, 3.8) is 0 Å². The number of nitrogens with one attached hydrogen (secondary N) is 1. The van der Waals surface area contributed by atoms with Crippen molar-refractivity contribution in [3.05, 3.63) is 58.6 Å². The first-order valence-corrected chi connectivity index (χ1v) is 6.85. The van der Waals surface area contributed by atoms with Crippen LogP contribution in [-0.2, 0) is 6.42 Å². The van der Waals surface area contributed by atoms with Crippen molar-refractivity contribution in [1.82, 2.24) is 0 Å². The summed E-state index contributed by atoms with van der Waals surface area (Å²) in [6.07, 6.45) is 1.09. The van der Waals surface area contributed by atoms with Crippen LogP contribution >= 0.6 is 11.6 Å². The molecule has 1 N–H and O–H groups in total. The monoisotopic (exact) mass is 273 g/mol. The molecule has 0 saturated heterocycles. The van der Waals surface area contributed by atoms with E-state index in [4.69, 9.17) is 16.3 Å². The normalized spacial score (nSPS) is 16.8. The summed E-state index contributed by atoms with van der Waals surface area (Å²) < 4.78 is 5.90. The molecule has 1 aliphatic heterocycles. The molecule has 1 unspecified atom stereocenters. The third kappa shape index (κ3) is 2.69. The van der Waals surface area contributed by atoms with Crippen molar-refractivity contribution in [1.29, 1.82) is 0 Å². The molecule has 0 spiro atoms. The van der Waals surface area contributed by atoms with Gasteiger partial charge in [0.2, 0.25) is 0 Å². The molecule has 1 atom stereocenters. The van der Waals surface area contributed by atoms with Crippen molar-refractivity contribution >= 4 is 17.3 Å². The largest absolute Gasteiger partial charge is 0.488 e. The Kier molecular flexibility index (Phi) is 3.34. The summed E-state index contributed by atoms with van der Waals surface area (Å²) in [6.45, 7) is 2.91. The van der Waals surface area contributed by atoms with Crippen molar-refractivity contribution < 1.29 is 4.74 Å². The third-order valence-corrected chi connectivity index (χ3v) is 3.66. The lowest BCUT2D eigenvalue weighted by Gasteiger charge is -2.14. The number of aryl methyl sites for hydroxylation is 1. The molecule has 98 valence electrons. The molecule has 2 aromatic carbocycles. The maximum absolute atomic E-state index is 5.99. The number of para-hydroxylation sites is 1. The van der Waals surface area contributed by atoms with Crippen molar-refractivity contribution in [3.8, 4) is 5.75 Å². The first-order chi connectivity index (χ1) is 9.22. The van der Waals surface area contributed by atoms with Gasteiger partial charge in [-0.3, -0.25) is 0 Å². The summed E-state index contributed by atoms with van der Waals surface area (Å²) in [5.74, 6) is 0.959. The lowest BCUT2D eigenvalue weighted by atomic mass is 10.1. The molecule has 0 amide bonds. The number of halogens is 1. The molecule has 3 heteroatoms. The van der Waals surface area contributed by atoms with E-state index in [0.717, 1.165) is 23.7 Å². The lowest BCUT2D eigenvalue weighted by Crippen LogP contribution is -2.24. The first-order valence-electron chi connectivity index (χ1n) is 6.47. The number of rotatable bonds is 3. The molecule has 0 radical (unpaired) electrons. The van der Waals surface area contributed by atoms with Crippen LogP contribution < -0.4 is 10.1 Å². The summed E-state index contributed by atoms with van der Waals surface area (Å²) in [4.78, 5) is 0. The maximum Gasteiger partial charge on any atom is 0.123 e. The quantitative estimate of drug-likeness (QED) is 0.910. The molecule has 2 aromatic rings. The van der Waals surface area contributed by atoms with Crippen LogP contribution in [0.2, 0.25) is 5.02 Å². The van der Waals surface area contributed by atoms with Gasteiger partial charge < -0.3 is 10.1 Å². The van der Waals surface area contributed by atoms with Crippen LogP contribution in [-0.4, -0.2) is 12.6 Å². The van der Waals surface area contributed by atoms with Crippen molar-refractivity contribution in [2.24, 2.45) is 0 Å². The van der Waals surface area contributed by atoms with E-state index in [2.05, 4.69) is 24.4 Å². The van der Waals surface area contributed by atoms with Gasteiger partial charge in [0.15, 0.2) is 0 Å². The minimum absolute atomic E-state index is 0.174. The first kappa shape index (κ1) is 12.4. The second kappa shape index (κ2) is 5.14. The Morgan fingerprint density at radius 3 is 2.95 bits per heavy atom. The molecule has 2 nitrogen and oxygen atoms in total. The Hall–Kier alpha value is -1.67. The summed E-state index contributed by atoms with van der Waals surface area (Å²) in [5, 5.41) is 4.22. The van der Waals surface area contributed by atoms with Crippen molar-refractivity contribution in [2.45, 2.75) is 19.4 Å². The van der Waals surface area contributed by atoms with Crippen LogP contribution in [0.25, 0.3) is 0 Å². The SMILES string of the molecule is Cc1ccccc1NCC1Cc2cc(Cl)ccc2O1. The number of ether oxygens (including phenoxy) is 1. The summed E-state index contributed by atoms with van der Waals surface area (Å²) in [5.41, 5.74) is 3.62. The third-order valence-electron chi connectivity index (χ3n) is 3.43. The van der Waals surface area contributed by atoms with Gasteiger partial charge in [-0.05, 0) is 42.3 Å². The predicted molar refractivity (Wildman–Crippen MR) is 79.2 cm³/mol. The minimum atomic E-state index is 0.174. The Labute approximate surface area is 118 Å². The maximum atomic E-state index is 5.99. The predicted octanol–water partition coefficient (Wildman–Crippen LogP) is 4.06. The van der Waals surface area contributed by atoms with E-state index in [1.54, 1.807) is 0 Å². The van der Waals surface area contributed by atoms with E-state index in [9.17, 15) is 0 Å². The van der Waals surface area contributed by atoms with Crippen molar-refractivity contribution in [2.75, 3.05) is 11.9 Å². The van der Waals surface area contributed by atoms with Gasteiger partial charge in [0.25, 0.3) is 0 Å². The van der Waals surface area contributed by atoms with Crippen LogP contribution in [0.5, 0.6) is 5.75 Å². The van der Waals surface area contributed by atoms with Crippen LogP contribution in [0, 0.1) is 6.92 Å². The van der Waals surface area contributed by atoms with Gasteiger partial charge in [-0.2, -0.15) is 0 Å². The van der Waals surface area contributed by atoms with Crippen LogP contribution in [0.4, 0.5) is 5.69 Å². The molecule has 0 bridgehead atoms. The fourth-order valence-electron chi connectivity index (χ4n) is 2.40. The fraction of sp³-hybridized carbons (Fsp3) is 0.250. The molecule has 1 aliphatic rings. The second-order valence-electron chi connectivity index (χ2n) is 4.89. The van der Waals surface area contributed by atoms with Gasteiger partial charge in [-0.15, -0.1) is 0 Å². The minimum Gasteiger partial charge on any atom is -0.488 e. The topological polar surface area (TPSA) is 21.3 Å². The smallest absolute Gasteiger partial charge is 0.123 e. The van der Waals surface area contributed by atoms with Gasteiger partial charge in [-0.1, -0.05) is 29.8 Å². The van der Waals surface area contributed by atoms with Crippen LogP contribution in [0.15, 0.2) is 42.5 Å². The van der Waals surface area contributed by atoms with E-state index in [1.165, 1.54) is 16.8 Å². The molecule has 19 heavy (non-hydrogen) atoms. The molecule has 0 aromatic heterocycles. The highest BCUT2D eigenvalue weighted by molar-refractivity contribution is 6.30. The van der Waals surface area contributed by atoms with E-state index < -0.39 is 0 Å². The molecule has 0 aliphatic carbocycles. The number of anilines is 1. The van der Waals surface area contributed by atoms with Gasteiger partial charge in [0.05, 0.1) is 6.54 Å². The highest BCUT2D eigenvalue weighted by atomic mass is 35.5. The van der Waals surface area contributed by atoms with Gasteiger partial charge in [0, 0.05) is 17.1 Å². The standard InChI is InChI=1S/C16H16ClNO/c1-11-4-2-3-5-15(11)18-10-14-9-12-8-13(17)6-7-16(12)19-14/h2-8,14,18H,9-10H2,1H3. The van der Waals surface area contributed by atoms with Gasteiger partial charge >= 0.3 is 0 Å². The zero-order chi connectivity index (χ0) is 13.2. The number of benzene rings is 2. The zero-order valence-electron chi connectivity index (χ0n) is 10.8. The molecular weight excluding hydrogens is 258 g/mol. The van der Waals surface area contributed by atoms with E-state index in [0.29, 0.717) is 0 Å². The Balaban J connectivity index is 1.63. The van der Waals surface area contributed by atoms with E-state index >= 15 is 0 Å². The van der Waals surface area contributed by atoms with Crippen LogP contribution in [0.3, 0.4) is 0 Å². The Morgan fingerprint density at radius 1 is 1.26 bits per heavy atom. The Bertz CT molecular complexity index is 597. The Morgan fingerprint density at radius 2 is 2.11 bits per heavy atom. The number of hydrogen-bond donors (Lipinski definition) is 1. The van der Waals surface area contributed by atoms with E-state index in [-0.39, 0.29) is 6.10 Å². The average Bonchev–Trinajstić information content (AvgIpc) is 2.79. The summed E-state index contributed by atoms with van der Waals surface area (Å²) in [7, 11) is 0. The van der Waals surface area contributed by atoms with E-state index in [1.807, 2.05) is 30.3 Å². The molecular formula is C16H16ClNO. The molecule has 0 fully saturated rings. The highest BCUT2D eigenvalue weighted by Crippen LogP contribution is 2.31. The fourth-order valence-corrected chi connectivity index (χ4v) is 2.59. The summed E-state index contributed by atoms with van der Waals surface area (Å²) in [6, 6.07) is 14.1. The number of fused-ring (bicyclic) bond motifs is 1. The highest BCUT2D eigenvalue weighted by Gasteiger charge is 2.22. The van der Waals surface area contributed by atoms with Crippen LogP contribution in [0.1, 0.15) is 11.1 Å². The average molecular weight is 274 g/mol. The lowest BCUT2D eigenvalue weighted by molar-refractivity contribution is 0.246. The van der Waals surface area contributed by atoms with Gasteiger partial charge in [-0.25, -0.2) is 0 Å². The molecule has 3 rings (SSSR count). The molecule has 0 saturated carbocycles. The number of hydrogen-bond acceptors (Lipinski definition) is 2. The molecule has 1 heterocycles. The summed E-state index contributed by atoms with van der Waals surface area (Å²) >= 11 is 5.99. The van der Waals surface area contributed by atoms with Gasteiger partial charge in [0.1, 0.15) is 11.9 Å². The second-order valence-corrected chi connectivity index (χ2v) is 5.33.